The van der Waals surface area contributed by atoms with E-state index in [4.69, 9.17) is 14.6 Å². The lowest BCUT2D eigenvalue weighted by atomic mass is 9.96. The van der Waals surface area contributed by atoms with Crippen LogP contribution in [0, 0.1) is 5.41 Å². The van der Waals surface area contributed by atoms with Crippen LogP contribution in [0.3, 0.4) is 0 Å². The van der Waals surface area contributed by atoms with Crippen LogP contribution in [-0.2, 0) is 9.47 Å². The highest BCUT2D eigenvalue weighted by molar-refractivity contribution is 4.68. The van der Waals surface area contributed by atoms with Crippen LogP contribution in [0.4, 0.5) is 0 Å². The topological polar surface area (TPSA) is 38.7 Å². The minimum absolute atomic E-state index is 0.0548. The van der Waals surface area contributed by atoms with Crippen LogP contribution in [-0.4, -0.2) is 24.8 Å². The maximum Gasteiger partial charge on any atom is 0.269 e. The molecule has 1 saturated heterocycles. The molecule has 0 spiro atoms. The lowest BCUT2D eigenvalue weighted by Gasteiger charge is -2.31. The molecule has 0 aromatic carbocycles. The number of rotatable bonds is 0. The van der Waals surface area contributed by atoms with Crippen molar-refractivity contribution >= 4 is 0 Å². The lowest BCUT2D eigenvalue weighted by Crippen LogP contribution is -2.37. The van der Waals surface area contributed by atoms with Gasteiger partial charge in [0.25, 0.3) is 6.48 Å². The number of ether oxygens (including phenoxy) is 2. The molecule has 0 aliphatic carbocycles. The zero-order valence-electron chi connectivity index (χ0n) is 5.76. The zero-order chi connectivity index (χ0) is 6.91. The van der Waals surface area contributed by atoms with Crippen LogP contribution >= 0.6 is 0 Å². The minimum atomic E-state index is -1.00. The average Bonchev–Trinajstić information content (AvgIpc) is 1.78. The number of hydrogen-bond donors (Lipinski definition) is 1. The molecule has 1 heterocycles. The van der Waals surface area contributed by atoms with Crippen LogP contribution in [0.2, 0.25) is 0 Å². The molecule has 1 rings (SSSR count). The minimum Gasteiger partial charge on any atom is -0.346 e. The highest BCUT2D eigenvalue weighted by Gasteiger charge is 2.26. The molecule has 3 nitrogen and oxygen atoms in total. The summed E-state index contributed by atoms with van der Waals surface area (Å²) < 4.78 is 9.65. The Morgan fingerprint density at radius 2 is 1.78 bits per heavy atom. The Morgan fingerprint density at radius 3 is 2.11 bits per heavy atom. The molecule has 1 aliphatic heterocycles. The molecule has 0 radical (unpaired) electrons. The van der Waals surface area contributed by atoms with Crippen molar-refractivity contribution < 1.29 is 14.6 Å². The summed E-state index contributed by atoms with van der Waals surface area (Å²) in [6.07, 6.45) is 0. The first kappa shape index (κ1) is 6.99. The quantitative estimate of drug-likeness (QED) is 0.516. The van der Waals surface area contributed by atoms with E-state index < -0.39 is 6.48 Å². The molecule has 1 N–H and O–H groups in total. The molecule has 0 saturated carbocycles. The van der Waals surface area contributed by atoms with Crippen molar-refractivity contribution in [2.75, 3.05) is 13.2 Å². The van der Waals surface area contributed by atoms with Gasteiger partial charge in [-0.3, -0.25) is 0 Å². The second-order valence-corrected chi connectivity index (χ2v) is 3.09. The van der Waals surface area contributed by atoms with Gasteiger partial charge in [-0.15, -0.1) is 0 Å². The first-order valence-corrected chi connectivity index (χ1v) is 3.01. The van der Waals surface area contributed by atoms with Gasteiger partial charge in [0.2, 0.25) is 0 Å². The van der Waals surface area contributed by atoms with Crippen molar-refractivity contribution in [3.05, 3.63) is 0 Å². The Labute approximate surface area is 54.6 Å². The predicted octanol–water partition coefficient (Wildman–Crippen LogP) is 0.335. The Morgan fingerprint density at radius 1 is 1.33 bits per heavy atom. The van der Waals surface area contributed by atoms with E-state index in [1.165, 1.54) is 0 Å². The molecule has 1 fully saturated rings. The summed E-state index contributed by atoms with van der Waals surface area (Å²) in [7, 11) is 0. The Kier molecular flexibility index (Phi) is 1.75. The van der Waals surface area contributed by atoms with E-state index in [1.54, 1.807) is 0 Å². The van der Waals surface area contributed by atoms with Crippen LogP contribution in [0.1, 0.15) is 13.8 Å². The summed E-state index contributed by atoms with van der Waals surface area (Å²) in [5, 5.41) is 8.70. The summed E-state index contributed by atoms with van der Waals surface area (Å²) in [4.78, 5) is 0. The van der Waals surface area contributed by atoms with Gasteiger partial charge in [-0.25, -0.2) is 0 Å². The van der Waals surface area contributed by atoms with Crippen molar-refractivity contribution in [3.8, 4) is 0 Å². The van der Waals surface area contributed by atoms with Crippen molar-refractivity contribution in [1.82, 2.24) is 0 Å². The molecule has 0 atom stereocenters. The Hall–Kier alpha value is -0.120. The summed E-state index contributed by atoms with van der Waals surface area (Å²) in [6, 6.07) is 0. The lowest BCUT2D eigenvalue weighted by molar-refractivity contribution is -0.315. The van der Waals surface area contributed by atoms with E-state index in [9.17, 15) is 0 Å². The van der Waals surface area contributed by atoms with E-state index in [-0.39, 0.29) is 5.41 Å². The fourth-order valence-electron chi connectivity index (χ4n) is 0.684. The first-order valence-electron chi connectivity index (χ1n) is 3.01. The van der Waals surface area contributed by atoms with Crippen molar-refractivity contribution in [2.45, 2.75) is 20.3 Å². The van der Waals surface area contributed by atoms with Gasteiger partial charge < -0.3 is 14.6 Å². The monoisotopic (exact) mass is 132 g/mol. The van der Waals surface area contributed by atoms with Gasteiger partial charge in [-0.1, -0.05) is 13.8 Å². The summed E-state index contributed by atoms with van der Waals surface area (Å²) >= 11 is 0. The standard InChI is InChI=1S/C6H12O3/c1-6(2)3-8-5(7)9-4-6/h5,7H,3-4H2,1-2H3. The van der Waals surface area contributed by atoms with Gasteiger partial charge in [0, 0.05) is 5.41 Å². The molecule has 0 bridgehead atoms. The van der Waals surface area contributed by atoms with Crippen molar-refractivity contribution in [1.29, 1.82) is 0 Å². The highest BCUT2D eigenvalue weighted by atomic mass is 16.8. The van der Waals surface area contributed by atoms with Crippen molar-refractivity contribution in [2.24, 2.45) is 5.41 Å². The van der Waals surface area contributed by atoms with Crippen LogP contribution in [0.25, 0.3) is 0 Å². The molecule has 0 unspecified atom stereocenters. The van der Waals surface area contributed by atoms with Crippen LogP contribution < -0.4 is 0 Å². The van der Waals surface area contributed by atoms with Gasteiger partial charge in [-0.2, -0.15) is 0 Å². The largest absolute Gasteiger partial charge is 0.346 e. The summed E-state index contributed by atoms with van der Waals surface area (Å²) in [5.74, 6) is 0. The zero-order valence-corrected chi connectivity index (χ0v) is 5.76. The predicted molar refractivity (Wildman–Crippen MR) is 31.7 cm³/mol. The number of aliphatic hydroxyl groups is 1. The third-order valence-electron chi connectivity index (χ3n) is 1.23. The van der Waals surface area contributed by atoms with Gasteiger partial charge in [0.15, 0.2) is 0 Å². The van der Waals surface area contributed by atoms with E-state index >= 15 is 0 Å². The summed E-state index contributed by atoms with van der Waals surface area (Å²) in [5.41, 5.74) is 0.0548. The van der Waals surface area contributed by atoms with Gasteiger partial charge in [0.05, 0.1) is 13.2 Å². The van der Waals surface area contributed by atoms with Crippen molar-refractivity contribution in [3.63, 3.8) is 0 Å². The third-order valence-corrected chi connectivity index (χ3v) is 1.23. The van der Waals surface area contributed by atoms with E-state index in [1.807, 2.05) is 13.8 Å². The fraction of sp³-hybridized carbons (Fsp3) is 1.00. The molecule has 3 heteroatoms. The molecule has 0 amide bonds. The molecule has 9 heavy (non-hydrogen) atoms. The Balaban J connectivity index is 2.35. The third kappa shape index (κ3) is 1.93. The maximum absolute atomic E-state index is 8.70. The normalized spacial score (nSPS) is 28.3. The van der Waals surface area contributed by atoms with Gasteiger partial charge in [-0.05, 0) is 0 Å². The highest BCUT2D eigenvalue weighted by Crippen LogP contribution is 2.21. The summed E-state index contributed by atoms with van der Waals surface area (Å²) in [6.45, 7) is 4.18. The van der Waals surface area contributed by atoms with E-state index in [0.717, 1.165) is 0 Å². The average molecular weight is 132 g/mol. The molecule has 54 valence electrons. The van der Waals surface area contributed by atoms with E-state index in [2.05, 4.69) is 0 Å². The number of hydrogen-bond acceptors (Lipinski definition) is 3. The SMILES string of the molecule is CC1(C)COC(O)OC1. The molecule has 0 aromatic rings. The first-order chi connectivity index (χ1) is 4.10. The second kappa shape index (κ2) is 2.25. The molecule has 0 aromatic heterocycles. The van der Waals surface area contributed by atoms with Crippen LogP contribution in [0.15, 0.2) is 0 Å². The molecule has 1 aliphatic rings. The maximum atomic E-state index is 8.70. The Bertz CT molecular complexity index is 90.5. The fourth-order valence-corrected chi connectivity index (χ4v) is 0.684. The molecular weight excluding hydrogens is 120 g/mol. The van der Waals surface area contributed by atoms with Crippen LogP contribution in [0.5, 0.6) is 0 Å². The smallest absolute Gasteiger partial charge is 0.269 e. The van der Waals surface area contributed by atoms with E-state index in [0.29, 0.717) is 13.2 Å². The number of aliphatic hydroxyl groups excluding tert-OH is 1. The van der Waals surface area contributed by atoms with Gasteiger partial charge >= 0.3 is 0 Å². The second-order valence-electron chi connectivity index (χ2n) is 3.09. The molecular formula is C6H12O3. The van der Waals surface area contributed by atoms with Gasteiger partial charge in [0.1, 0.15) is 0 Å².